The van der Waals surface area contributed by atoms with Crippen LogP contribution in [0.5, 0.6) is 0 Å². The molecule has 0 aliphatic rings. The standard InChI is InChI=1S/C16H16N4O2S2/c1-11-4-3-5-13(10-11)17-14-7-8-15(19-18-14)20-24(21,22)16-9-6-12(2)23-16/h3-10H,1-2H3,(H,17,18)(H,19,20). The molecule has 0 aliphatic heterocycles. The van der Waals surface area contributed by atoms with Gasteiger partial charge in [0.1, 0.15) is 4.21 Å². The minimum Gasteiger partial charge on any atom is -0.339 e. The quantitative estimate of drug-likeness (QED) is 0.725. The fraction of sp³-hybridized carbons (Fsp3) is 0.125. The first-order valence-electron chi connectivity index (χ1n) is 7.19. The van der Waals surface area contributed by atoms with E-state index < -0.39 is 10.0 Å². The average Bonchev–Trinajstić information content (AvgIpc) is 2.97. The third-order valence-electron chi connectivity index (χ3n) is 3.17. The van der Waals surface area contributed by atoms with Gasteiger partial charge in [-0.2, -0.15) is 0 Å². The summed E-state index contributed by atoms with van der Waals surface area (Å²) in [5.41, 5.74) is 2.02. The zero-order valence-corrected chi connectivity index (χ0v) is 14.8. The molecule has 0 fully saturated rings. The molecule has 8 heteroatoms. The van der Waals surface area contributed by atoms with Crippen LogP contribution in [-0.2, 0) is 10.0 Å². The van der Waals surface area contributed by atoms with Crippen molar-refractivity contribution in [1.82, 2.24) is 10.2 Å². The van der Waals surface area contributed by atoms with E-state index in [-0.39, 0.29) is 10.0 Å². The van der Waals surface area contributed by atoms with E-state index in [0.29, 0.717) is 5.82 Å². The van der Waals surface area contributed by atoms with Crippen molar-refractivity contribution in [3.8, 4) is 0 Å². The average molecular weight is 360 g/mol. The minimum atomic E-state index is -3.62. The number of aryl methyl sites for hydroxylation is 2. The van der Waals surface area contributed by atoms with Crippen LogP contribution in [0.4, 0.5) is 17.3 Å². The van der Waals surface area contributed by atoms with Gasteiger partial charge in [-0.1, -0.05) is 12.1 Å². The van der Waals surface area contributed by atoms with Crippen LogP contribution in [0.15, 0.2) is 52.7 Å². The molecule has 24 heavy (non-hydrogen) atoms. The van der Waals surface area contributed by atoms with Crippen LogP contribution in [0.1, 0.15) is 10.4 Å². The van der Waals surface area contributed by atoms with E-state index in [9.17, 15) is 8.42 Å². The molecule has 3 aromatic rings. The molecule has 124 valence electrons. The summed E-state index contributed by atoms with van der Waals surface area (Å²) in [4.78, 5) is 0.930. The number of thiophene rings is 1. The number of anilines is 3. The molecule has 0 aliphatic carbocycles. The van der Waals surface area contributed by atoms with E-state index in [1.54, 1.807) is 24.3 Å². The summed E-state index contributed by atoms with van der Waals surface area (Å²) in [6, 6.07) is 14.4. The van der Waals surface area contributed by atoms with Gasteiger partial charge in [-0.25, -0.2) is 8.42 Å². The second-order valence-electron chi connectivity index (χ2n) is 5.27. The van der Waals surface area contributed by atoms with Crippen LogP contribution in [-0.4, -0.2) is 18.6 Å². The monoisotopic (exact) mass is 360 g/mol. The van der Waals surface area contributed by atoms with Gasteiger partial charge < -0.3 is 5.32 Å². The Labute approximate surface area is 144 Å². The first kappa shape index (κ1) is 16.4. The number of sulfonamides is 1. The molecule has 0 spiro atoms. The van der Waals surface area contributed by atoms with Gasteiger partial charge in [-0.05, 0) is 55.8 Å². The molecule has 0 amide bonds. The van der Waals surface area contributed by atoms with Gasteiger partial charge in [0.05, 0.1) is 0 Å². The molecule has 0 atom stereocenters. The maximum Gasteiger partial charge on any atom is 0.272 e. The lowest BCUT2D eigenvalue weighted by Crippen LogP contribution is -2.13. The molecule has 0 saturated heterocycles. The van der Waals surface area contributed by atoms with Gasteiger partial charge >= 0.3 is 0 Å². The highest BCUT2D eigenvalue weighted by atomic mass is 32.2. The Hall–Kier alpha value is -2.45. The van der Waals surface area contributed by atoms with Crippen molar-refractivity contribution < 1.29 is 8.42 Å². The second-order valence-corrected chi connectivity index (χ2v) is 8.47. The molecule has 2 aromatic heterocycles. The summed E-state index contributed by atoms with van der Waals surface area (Å²) in [7, 11) is -3.62. The van der Waals surface area contributed by atoms with Crippen LogP contribution in [0.2, 0.25) is 0 Å². The summed E-state index contributed by atoms with van der Waals surface area (Å²) in [6.07, 6.45) is 0. The highest BCUT2D eigenvalue weighted by molar-refractivity contribution is 7.94. The van der Waals surface area contributed by atoms with Crippen molar-refractivity contribution in [2.75, 3.05) is 10.0 Å². The lowest BCUT2D eigenvalue weighted by atomic mass is 10.2. The van der Waals surface area contributed by atoms with E-state index in [4.69, 9.17) is 0 Å². The normalized spacial score (nSPS) is 11.2. The maximum absolute atomic E-state index is 12.2. The predicted octanol–water partition coefficient (Wildman–Crippen LogP) is 3.70. The van der Waals surface area contributed by atoms with Crippen LogP contribution in [0, 0.1) is 13.8 Å². The molecular weight excluding hydrogens is 344 g/mol. The lowest BCUT2D eigenvalue weighted by Gasteiger charge is -2.07. The molecule has 0 unspecified atom stereocenters. The smallest absolute Gasteiger partial charge is 0.272 e. The first-order valence-corrected chi connectivity index (χ1v) is 9.49. The van der Waals surface area contributed by atoms with E-state index >= 15 is 0 Å². The van der Waals surface area contributed by atoms with Crippen LogP contribution in [0.3, 0.4) is 0 Å². The molecular formula is C16H16N4O2S2. The van der Waals surface area contributed by atoms with Gasteiger partial charge in [0.15, 0.2) is 11.6 Å². The lowest BCUT2D eigenvalue weighted by molar-refractivity contribution is 0.603. The zero-order valence-electron chi connectivity index (χ0n) is 13.1. The third kappa shape index (κ3) is 3.90. The molecule has 1 aromatic carbocycles. The molecule has 6 nitrogen and oxygen atoms in total. The number of hydrogen-bond donors (Lipinski definition) is 2. The van der Waals surface area contributed by atoms with Gasteiger partial charge in [0, 0.05) is 10.6 Å². The van der Waals surface area contributed by atoms with E-state index in [0.717, 1.165) is 16.1 Å². The summed E-state index contributed by atoms with van der Waals surface area (Å²) >= 11 is 1.21. The predicted molar refractivity (Wildman–Crippen MR) is 96.4 cm³/mol. The van der Waals surface area contributed by atoms with Crippen molar-refractivity contribution in [2.24, 2.45) is 0 Å². The van der Waals surface area contributed by atoms with Crippen molar-refractivity contribution in [3.05, 3.63) is 59.0 Å². The fourth-order valence-corrected chi connectivity index (χ4v) is 4.35. The molecule has 0 bridgehead atoms. The summed E-state index contributed by atoms with van der Waals surface area (Å²) in [6.45, 7) is 3.86. The van der Waals surface area contributed by atoms with E-state index in [1.807, 2.05) is 38.1 Å². The van der Waals surface area contributed by atoms with Crippen molar-refractivity contribution >= 4 is 38.7 Å². The number of hydrogen-bond acceptors (Lipinski definition) is 6. The Kier molecular flexibility index (Phi) is 4.50. The molecule has 0 saturated carbocycles. The number of benzene rings is 1. The van der Waals surface area contributed by atoms with Crippen molar-refractivity contribution in [3.63, 3.8) is 0 Å². The third-order valence-corrected chi connectivity index (χ3v) is 6.02. The Morgan fingerprint density at radius 1 is 0.958 bits per heavy atom. The molecule has 3 rings (SSSR count). The fourth-order valence-electron chi connectivity index (χ4n) is 2.07. The Balaban J connectivity index is 1.73. The molecule has 2 N–H and O–H groups in total. The van der Waals surface area contributed by atoms with Gasteiger partial charge in [-0.15, -0.1) is 21.5 Å². The van der Waals surface area contributed by atoms with Crippen molar-refractivity contribution in [1.29, 1.82) is 0 Å². The molecule has 2 heterocycles. The second kappa shape index (κ2) is 6.58. The van der Waals surface area contributed by atoms with Crippen molar-refractivity contribution in [2.45, 2.75) is 18.1 Å². The van der Waals surface area contributed by atoms with Crippen LogP contribution >= 0.6 is 11.3 Å². The maximum atomic E-state index is 12.2. The topological polar surface area (TPSA) is 84.0 Å². The number of rotatable bonds is 5. The SMILES string of the molecule is Cc1cccc(Nc2ccc(NS(=O)(=O)c3ccc(C)s3)nn2)c1. The van der Waals surface area contributed by atoms with E-state index in [2.05, 4.69) is 20.2 Å². The van der Waals surface area contributed by atoms with Gasteiger partial charge in [0.25, 0.3) is 10.0 Å². The first-order chi connectivity index (χ1) is 11.4. The summed E-state index contributed by atoms with van der Waals surface area (Å²) < 4.78 is 27.2. The largest absolute Gasteiger partial charge is 0.339 e. The van der Waals surface area contributed by atoms with Gasteiger partial charge in [0.2, 0.25) is 0 Å². The minimum absolute atomic E-state index is 0.177. The zero-order chi connectivity index (χ0) is 17.2. The van der Waals surface area contributed by atoms with Crippen LogP contribution in [0.25, 0.3) is 0 Å². The number of nitrogens with one attached hydrogen (secondary N) is 2. The summed E-state index contributed by atoms with van der Waals surface area (Å²) in [5.74, 6) is 0.714. The Morgan fingerprint density at radius 2 is 1.71 bits per heavy atom. The number of aromatic nitrogens is 2. The number of nitrogens with zero attached hydrogens (tertiary/aromatic N) is 2. The highest BCUT2D eigenvalue weighted by Gasteiger charge is 2.17. The Bertz CT molecular complexity index is 950. The summed E-state index contributed by atoms with van der Waals surface area (Å²) in [5, 5.41) is 11.0. The highest BCUT2D eigenvalue weighted by Crippen LogP contribution is 2.23. The van der Waals surface area contributed by atoms with Crippen LogP contribution < -0.4 is 10.0 Å². The Morgan fingerprint density at radius 3 is 2.33 bits per heavy atom. The van der Waals surface area contributed by atoms with Gasteiger partial charge in [-0.3, -0.25) is 4.72 Å². The molecule has 0 radical (unpaired) electrons. The van der Waals surface area contributed by atoms with E-state index in [1.165, 1.54) is 11.3 Å².